The fourth-order valence-corrected chi connectivity index (χ4v) is 5.81. The Morgan fingerprint density at radius 3 is 2.48 bits per heavy atom. The summed E-state index contributed by atoms with van der Waals surface area (Å²) in [6, 6.07) is 3.89. The largest absolute Gasteiger partial charge is 0.619 e. The molecule has 0 aliphatic carbocycles. The molecule has 0 spiro atoms. The summed E-state index contributed by atoms with van der Waals surface area (Å²) in [5, 5.41) is 14.9. The molecule has 2 amide bonds. The van der Waals surface area contributed by atoms with Gasteiger partial charge in [-0.2, -0.15) is 4.73 Å². The third kappa shape index (κ3) is 8.03. The number of benzene rings is 1. The van der Waals surface area contributed by atoms with Gasteiger partial charge in [0.25, 0.3) is 5.91 Å². The number of nitrogens with one attached hydrogen (secondary N) is 1. The number of nitrogens with zero attached hydrogens (tertiary/aromatic N) is 5. The van der Waals surface area contributed by atoms with Crippen molar-refractivity contribution in [2.24, 2.45) is 0 Å². The standard InChI is InChI=1S/C32H42F2N6O5Si/c1-21(29(41)37-27-16-36-28(17-35-27)45-26-10-9-23(33)15-25(26)34)38-13-14-40(32(5,6)20-38)30(42)24-11-12-39(43)18-22(24)19-44-46(7,8)31(2,3)4/h9-12,15-18,21H,13-14,19-20H2,1-8H3,(H,35,37,41)/t21-/m0/s1. The molecule has 3 aromatic rings. The van der Waals surface area contributed by atoms with E-state index < -0.39 is 31.5 Å². The van der Waals surface area contributed by atoms with E-state index in [0.717, 1.165) is 12.1 Å². The minimum absolute atomic E-state index is 0.0303. The number of carbonyl (C=O) groups excluding carboxylic acids is 2. The molecule has 1 aliphatic rings. The van der Waals surface area contributed by atoms with Crippen LogP contribution in [0.2, 0.25) is 18.1 Å². The van der Waals surface area contributed by atoms with Gasteiger partial charge in [0.15, 0.2) is 38.1 Å². The lowest BCUT2D eigenvalue weighted by atomic mass is 9.95. The highest BCUT2D eigenvalue weighted by Gasteiger charge is 2.41. The van der Waals surface area contributed by atoms with Crippen molar-refractivity contribution in [3.8, 4) is 11.6 Å². The predicted octanol–water partition coefficient (Wildman–Crippen LogP) is 5.27. The van der Waals surface area contributed by atoms with E-state index in [0.29, 0.717) is 41.6 Å². The van der Waals surface area contributed by atoms with E-state index in [4.69, 9.17) is 9.16 Å². The zero-order valence-electron chi connectivity index (χ0n) is 27.6. The molecule has 0 radical (unpaired) electrons. The van der Waals surface area contributed by atoms with Crippen molar-refractivity contribution in [1.29, 1.82) is 0 Å². The van der Waals surface area contributed by atoms with Crippen molar-refractivity contribution in [3.05, 3.63) is 77.0 Å². The lowest BCUT2D eigenvalue weighted by molar-refractivity contribution is -0.606. The van der Waals surface area contributed by atoms with Crippen LogP contribution in [-0.4, -0.2) is 71.1 Å². The van der Waals surface area contributed by atoms with Crippen molar-refractivity contribution in [3.63, 3.8) is 0 Å². The maximum atomic E-state index is 13.9. The number of rotatable bonds is 9. The summed E-state index contributed by atoms with van der Waals surface area (Å²) in [6.07, 6.45) is 5.22. The van der Waals surface area contributed by atoms with Crippen LogP contribution >= 0.6 is 0 Å². The summed E-state index contributed by atoms with van der Waals surface area (Å²) in [5.74, 6) is -2.20. The third-order valence-electron chi connectivity index (χ3n) is 8.73. The summed E-state index contributed by atoms with van der Waals surface area (Å²) in [5.41, 5.74) is 0.323. The van der Waals surface area contributed by atoms with Crippen molar-refractivity contribution in [2.75, 3.05) is 25.0 Å². The number of ether oxygens (including phenoxy) is 1. The van der Waals surface area contributed by atoms with E-state index in [-0.39, 0.29) is 40.9 Å². The van der Waals surface area contributed by atoms with Gasteiger partial charge in [-0.05, 0) is 51.0 Å². The smallest absolute Gasteiger partial charge is 0.255 e. The molecule has 1 saturated heterocycles. The molecule has 11 nitrogen and oxygen atoms in total. The first-order valence-electron chi connectivity index (χ1n) is 15.1. The third-order valence-corrected chi connectivity index (χ3v) is 13.2. The van der Waals surface area contributed by atoms with Gasteiger partial charge in [-0.1, -0.05) is 20.8 Å². The van der Waals surface area contributed by atoms with Gasteiger partial charge in [0.05, 0.1) is 41.7 Å². The maximum Gasteiger partial charge on any atom is 0.255 e. The summed E-state index contributed by atoms with van der Waals surface area (Å²) in [6.45, 7) is 17.7. The predicted molar refractivity (Wildman–Crippen MR) is 171 cm³/mol. The number of carbonyl (C=O) groups is 2. The van der Waals surface area contributed by atoms with E-state index in [1.54, 1.807) is 17.9 Å². The topological polar surface area (TPSA) is 124 Å². The molecule has 3 heterocycles. The van der Waals surface area contributed by atoms with Crippen LogP contribution in [-0.2, 0) is 15.8 Å². The molecule has 1 N–H and O–H groups in total. The molecule has 0 saturated carbocycles. The van der Waals surface area contributed by atoms with Gasteiger partial charge >= 0.3 is 0 Å². The lowest BCUT2D eigenvalue weighted by Gasteiger charge is -2.48. The zero-order chi connectivity index (χ0) is 34.0. The van der Waals surface area contributed by atoms with Crippen molar-refractivity contribution in [2.45, 2.75) is 77.9 Å². The highest BCUT2D eigenvalue weighted by molar-refractivity contribution is 6.74. The molecule has 1 aromatic carbocycles. The summed E-state index contributed by atoms with van der Waals surface area (Å²) >= 11 is 0. The average molecular weight is 657 g/mol. The van der Waals surface area contributed by atoms with Crippen LogP contribution in [0.15, 0.2) is 49.1 Å². The second-order valence-corrected chi connectivity index (χ2v) is 18.4. The Labute approximate surface area is 269 Å². The number of anilines is 1. The van der Waals surface area contributed by atoms with Gasteiger partial charge in [-0.15, -0.1) is 0 Å². The number of pyridine rings is 1. The Morgan fingerprint density at radius 1 is 1.15 bits per heavy atom. The Balaban J connectivity index is 1.39. The van der Waals surface area contributed by atoms with Gasteiger partial charge in [-0.3, -0.25) is 14.5 Å². The molecule has 4 rings (SSSR count). The van der Waals surface area contributed by atoms with Crippen LogP contribution in [0.25, 0.3) is 0 Å². The summed E-state index contributed by atoms with van der Waals surface area (Å²) in [7, 11) is -2.13. The highest BCUT2D eigenvalue weighted by Crippen LogP contribution is 2.37. The van der Waals surface area contributed by atoms with E-state index in [1.165, 1.54) is 24.8 Å². The van der Waals surface area contributed by atoms with Crippen LogP contribution < -0.4 is 14.8 Å². The first kappa shape index (κ1) is 34.9. The second-order valence-electron chi connectivity index (χ2n) is 13.6. The van der Waals surface area contributed by atoms with E-state index in [2.05, 4.69) is 49.1 Å². The normalized spacial score (nSPS) is 16.2. The zero-order valence-corrected chi connectivity index (χ0v) is 28.6. The first-order chi connectivity index (χ1) is 21.4. The Bertz CT molecular complexity index is 1580. The molecule has 1 aliphatic heterocycles. The Hall–Kier alpha value is -4.01. The highest BCUT2D eigenvalue weighted by atomic mass is 28.4. The number of hydrogen-bond acceptors (Lipinski definition) is 8. The van der Waals surface area contributed by atoms with Gasteiger partial charge in [0.2, 0.25) is 11.8 Å². The number of halogens is 2. The molecule has 1 atom stereocenters. The quantitative estimate of drug-likeness (QED) is 0.188. The van der Waals surface area contributed by atoms with Crippen LogP contribution in [0, 0.1) is 16.8 Å². The minimum Gasteiger partial charge on any atom is -0.619 e. The van der Waals surface area contributed by atoms with Crippen LogP contribution in [0.4, 0.5) is 14.6 Å². The fraction of sp³-hybridized carbons (Fsp3) is 0.469. The average Bonchev–Trinajstić information content (AvgIpc) is 2.96. The van der Waals surface area contributed by atoms with Crippen molar-refractivity contribution in [1.82, 2.24) is 19.8 Å². The van der Waals surface area contributed by atoms with Crippen LogP contribution in [0.1, 0.15) is 57.5 Å². The summed E-state index contributed by atoms with van der Waals surface area (Å²) in [4.78, 5) is 39.0. The molecule has 0 bridgehead atoms. The molecular weight excluding hydrogens is 614 g/mol. The molecule has 46 heavy (non-hydrogen) atoms. The van der Waals surface area contributed by atoms with Crippen molar-refractivity contribution >= 4 is 25.9 Å². The Kier molecular flexibility index (Phi) is 10.1. The van der Waals surface area contributed by atoms with Crippen molar-refractivity contribution < 1.29 is 32.3 Å². The first-order valence-corrected chi connectivity index (χ1v) is 18.0. The van der Waals surface area contributed by atoms with E-state index >= 15 is 0 Å². The molecular formula is C32H42F2N6O5Si. The molecule has 248 valence electrons. The number of hydrogen-bond donors (Lipinski definition) is 1. The monoisotopic (exact) mass is 656 g/mol. The van der Waals surface area contributed by atoms with Gasteiger partial charge < -0.3 is 24.6 Å². The molecule has 0 unspecified atom stereocenters. The van der Waals surface area contributed by atoms with Gasteiger partial charge in [0.1, 0.15) is 5.82 Å². The van der Waals surface area contributed by atoms with Gasteiger partial charge in [-0.25, -0.2) is 18.7 Å². The second kappa shape index (κ2) is 13.4. The van der Waals surface area contributed by atoms with E-state index in [1.807, 2.05) is 18.7 Å². The minimum atomic E-state index is -2.13. The van der Waals surface area contributed by atoms with Gasteiger partial charge in [0, 0.05) is 31.8 Å². The maximum absolute atomic E-state index is 13.9. The fourth-order valence-electron chi connectivity index (χ4n) is 4.87. The van der Waals surface area contributed by atoms with Crippen LogP contribution in [0.3, 0.4) is 0 Å². The SMILES string of the molecule is C[C@@H](C(=O)Nc1cnc(Oc2ccc(F)cc2F)cn1)N1CCN(C(=O)c2cc[n+]([O-])cc2CO[Si](C)(C)C(C)(C)C)C(C)(C)C1. The van der Waals surface area contributed by atoms with Crippen LogP contribution in [0.5, 0.6) is 11.6 Å². The Morgan fingerprint density at radius 2 is 1.87 bits per heavy atom. The lowest BCUT2D eigenvalue weighted by Crippen LogP contribution is -2.63. The number of amides is 2. The molecule has 2 aromatic heterocycles. The molecule has 1 fully saturated rings. The van der Waals surface area contributed by atoms with E-state index in [9.17, 15) is 23.6 Å². The summed E-state index contributed by atoms with van der Waals surface area (Å²) < 4.78 is 39.4. The molecule has 14 heteroatoms. The number of aromatic nitrogens is 3. The number of piperazine rings is 1.